The van der Waals surface area contributed by atoms with Crippen molar-refractivity contribution in [3.63, 3.8) is 0 Å². The number of carbonyl (C=O) groups excluding carboxylic acids is 1. The molecule has 0 radical (unpaired) electrons. The molecule has 0 unspecified atom stereocenters. The number of fused-ring (bicyclic) bond motifs is 1. The third-order valence-corrected chi connectivity index (χ3v) is 2.55. The van der Waals surface area contributed by atoms with E-state index in [2.05, 4.69) is 9.17 Å². The fourth-order valence-corrected chi connectivity index (χ4v) is 1.83. The smallest absolute Gasteiger partial charge is 0.341 e. The van der Waals surface area contributed by atoms with Gasteiger partial charge in [0.15, 0.2) is 0 Å². The van der Waals surface area contributed by atoms with Gasteiger partial charge < -0.3 is 4.18 Å². The van der Waals surface area contributed by atoms with Crippen LogP contribution >= 0.6 is 0 Å². The Morgan fingerprint density at radius 2 is 2.00 bits per heavy atom. The first-order valence-corrected chi connectivity index (χ1v) is 6.56. The van der Waals surface area contributed by atoms with Crippen LogP contribution in [0.3, 0.4) is 0 Å². The maximum absolute atomic E-state index is 11.6. The predicted molar refractivity (Wildman–Crippen MR) is 62.0 cm³/mol. The maximum atomic E-state index is 11.6. The molecule has 1 aromatic heterocycles. The molecule has 0 atom stereocenters. The summed E-state index contributed by atoms with van der Waals surface area (Å²) >= 11 is 0. The van der Waals surface area contributed by atoms with Crippen molar-refractivity contribution in [3.8, 4) is 0 Å². The Balaban J connectivity index is 2.52. The first kappa shape index (κ1) is 11.5. The maximum Gasteiger partial charge on any atom is 0.354 e. The van der Waals surface area contributed by atoms with Crippen molar-refractivity contribution < 1.29 is 17.4 Å². The van der Waals surface area contributed by atoms with Crippen molar-refractivity contribution in [2.45, 2.75) is 0 Å². The van der Waals surface area contributed by atoms with E-state index in [4.69, 9.17) is 0 Å². The van der Waals surface area contributed by atoms with Gasteiger partial charge in [0.25, 0.3) is 0 Å². The van der Waals surface area contributed by atoms with Crippen LogP contribution in [0, 0.1) is 0 Å². The van der Waals surface area contributed by atoms with Crippen LogP contribution < -0.4 is 0 Å². The molecule has 5 nitrogen and oxygen atoms in total. The largest absolute Gasteiger partial charge is 0.354 e. The molecule has 17 heavy (non-hydrogen) atoms. The molecule has 0 N–H and O–H groups in total. The summed E-state index contributed by atoms with van der Waals surface area (Å²) in [6.07, 6.45) is 2.42. The van der Waals surface area contributed by atoms with E-state index < -0.39 is 16.1 Å². The summed E-state index contributed by atoms with van der Waals surface area (Å²) in [6, 6.07) is 8.19. The van der Waals surface area contributed by atoms with Gasteiger partial charge in [0.2, 0.25) is 0 Å². The quantitative estimate of drug-likeness (QED) is 0.753. The van der Waals surface area contributed by atoms with Gasteiger partial charge in [-0.2, -0.15) is 8.42 Å². The summed E-state index contributed by atoms with van der Waals surface area (Å²) in [5.41, 5.74) is 0.788. The summed E-state index contributed by atoms with van der Waals surface area (Å²) in [4.78, 5) is 15.7. The minimum atomic E-state index is -3.81. The van der Waals surface area contributed by atoms with E-state index in [1.165, 1.54) is 6.07 Å². The van der Waals surface area contributed by atoms with E-state index in [-0.39, 0.29) is 5.56 Å². The van der Waals surface area contributed by atoms with Crippen molar-refractivity contribution in [2.75, 3.05) is 6.26 Å². The second kappa shape index (κ2) is 4.14. The highest BCUT2D eigenvalue weighted by atomic mass is 32.2. The molecule has 0 aliphatic heterocycles. The molecule has 0 fully saturated rings. The SMILES string of the molecule is CS(=O)(=O)OC(=O)c1cccc2ncccc12. The highest BCUT2D eigenvalue weighted by Crippen LogP contribution is 2.17. The molecule has 0 bridgehead atoms. The van der Waals surface area contributed by atoms with Crippen LogP contribution in [0.2, 0.25) is 0 Å². The average Bonchev–Trinajstić information content (AvgIpc) is 2.26. The molecule has 0 saturated carbocycles. The van der Waals surface area contributed by atoms with E-state index in [0.29, 0.717) is 10.9 Å². The zero-order valence-electron chi connectivity index (χ0n) is 8.95. The van der Waals surface area contributed by atoms with Gasteiger partial charge in [-0.25, -0.2) is 4.79 Å². The van der Waals surface area contributed by atoms with E-state index in [1.807, 2.05) is 0 Å². The summed E-state index contributed by atoms with van der Waals surface area (Å²) in [6.45, 7) is 0. The molecule has 88 valence electrons. The van der Waals surface area contributed by atoms with Gasteiger partial charge in [-0.1, -0.05) is 12.1 Å². The normalized spacial score (nSPS) is 11.4. The standard InChI is InChI=1S/C11H9NO4S/c1-17(14,15)16-11(13)9-4-2-6-10-8(9)5-3-7-12-10/h2-7H,1H3. The highest BCUT2D eigenvalue weighted by molar-refractivity contribution is 7.86. The van der Waals surface area contributed by atoms with E-state index in [9.17, 15) is 13.2 Å². The number of carbonyl (C=O) groups is 1. The molecule has 6 heteroatoms. The van der Waals surface area contributed by atoms with Crippen molar-refractivity contribution in [1.82, 2.24) is 4.98 Å². The second-order valence-electron chi connectivity index (χ2n) is 3.45. The fraction of sp³-hybridized carbons (Fsp3) is 0.0909. The lowest BCUT2D eigenvalue weighted by Crippen LogP contribution is -2.11. The van der Waals surface area contributed by atoms with Crippen LogP contribution in [-0.2, 0) is 14.3 Å². The highest BCUT2D eigenvalue weighted by Gasteiger charge is 2.16. The molecular formula is C11H9NO4S. The van der Waals surface area contributed by atoms with Gasteiger partial charge in [-0.15, -0.1) is 0 Å². The van der Waals surface area contributed by atoms with Gasteiger partial charge >= 0.3 is 16.1 Å². The number of nitrogens with zero attached hydrogens (tertiary/aromatic N) is 1. The topological polar surface area (TPSA) is 73.3 Å². The van der Waals surface area contributed by atoms with Gasteiger partial charge in [0.05, 0.1) is 17.3 Å². The second-order valence-corrected chi connectivity index (χ2v) is 5.03. The Morgan fingerprint density at radius 3 is 2.71 bits per heavy atom. The number of pyridine rings is 1. The van der Waals surface area contributed by atoms with Crippen molar-refractivity contribution >= 4 is 27.0 Å². The molecule has 0 aliphatic carbocycles. The van der Waals surface area contributed by atoms with Gasteiger partial charge in [0, 0.05) is 11.6 Å². The van der Waals surface area contributed by atoms with Crippen LogP contribution in [-0.4, -0.2) is 25.6 Å². The van der Waals surface area contributed by atoms with Crippen molar-refractivity contribution in [2.24, 2.45) is 0 Å². The Morgan fingerprint density at radius 1 is 1.24 bits per heavy atom. The third-order valence-electron chi connectivity index (χ3n) is 2.09. The lowest BCUT2D eigenvalue weighted by molar-refractivity contribution is 0.0750. The zero-order valence-corrected chi connectivity index (χ0v) is 9.77. The Hall–Kier alpha value is -1.95. The van der Waals surface area contributed by atoms with Crippen molar-refractivity contribution in [3.05, 3.63) is 42.1 Å². The van der Waals surface area contributed by atoms with Gasteiger partial charge in [-0.05, 0) is 18.2 Å². The first-order chi connectivity index (χ1) is 7.97. The Labute approximate surface area is 98.2 Å². The Bertz CT molecular complexity index is 673. The number of rotatable bonds is 2. The summed E-state index contributed by atoms with van der Waals surface area (Å²) in [5.74, 6) is -0.897. The van der Waals surface area contributed by atoms with Gasteiger partial charge in [-0.3, -0.25) is 4.98 Å². The molecule has 0 saturated heterocycles. The van der Waals surface area contributed by atoms with Gasteiger partial charge in [0.1, 0.15) is 0 Å². The summed E-state index contributed by atoms with van der Waals surface area (Å²) < 4.78 is 26.1. The minimum Gasteiger partial charge on any atom is -0.341 e. The summed E-state index contributed by atoms with van der Waals surface area (Å²) in [5, 5.41) is 0.559. The molecule has 1 heterocycles. The molecular weight excluding hydrogens is 242 g/mol. The number of aromatic nitrogens is 1. The Kier molecular flexibility index (Phi) is 2.81. The average molecular weight is 251 g/mol. The predicted octanol–water partition coefficient (Wildman–Crippen LogP) is 1.35. The lowest BCUT2D eigenvalue weighted by Gasteiger charge is -2.04. The monoisotopic (exact) mass is 251 g/mol. The van der Waals surface area contributed by atoms with E-state index in [1.54, 1.807) is 30.5 Å². The van der Waals surface area contributed by atoms with Crippen LogP contribution in [0.4, 0.5) is 0 Å². The van der Waals surface area contributed by atoms with E-state index >= 15 is 0 Å². The number of hydrogen-bond acceptors (Lipinski definition) is 5. The molecule has 0 spiro atoms. The molecule has 1 aromatic carbocycles. The van der Waals surface area contributed by atoms with Crippen LogP contribution in [0.15, 0.2) is 36.5 Å². The lowest BCUT2D eigenvalue weighted by atomic mass is 10.1. The van der Waals surface area contributed by atoms with Crippen LogP contribution in [0.25, 0.3) is 10.9 Å². The first-order valence-electron chi connectivity index (χ1n) is 4.75. The van der Waals surface area contributed by atoms with E-state index in [0.717, 1.165) is 6.26 Å². The molecule has 0 amide bonds. The zero-order chi connectivity index (χ0) is 12.5. The molecule has 2 aromatic rings. The minimum absolute atomic E-state index is 0.182. The molecule has 0 aliphatic rings. The third kappa shape index (κ3) is 2.59. The number of hydrogen-bond donors (Lipinski definition) is 0. The molecule has 2 rings (SSSR count). The fourth-order valence-electron chi connectivity index (χ4n) is 1.46. The van der Waals surface area contributed by atoms with Crippen molar-refractivity contribution in [1.29, 1.82) is 0 Å². The van der Waals surface area contributed by atoms with Crippen LogP contribution in [0.1, 0.15) is 10.4 Å². The summed E-state index contributed by atoms with van der Waals surface area (Å²) in [7, 11) is -3.81. The van der Waals surface area contributed by atoms with Crippen LogP contribution in [0.5, 0.6) is 0 Å². The number of benzene rings is 1.